The van der Waals surface area contributed by atoms with E-state index in [1.165, 1.54) is 0 Å². The Labute approximate surface area is 209 Å². The first kappa shape index (κ1) is 23.6. The highest BCUT2D eigenvalue weighted by Gasteiger charge is 2.27. The molecule has 0 radical (unpaired) electrons. The summed E-state index contributed by atoms with van der Waals surface area (Å²) in [6.07, 6.45) is 2.13. The second-order valence-electron chi connectivity index (χ2n) is 9.24. The molecule has 36 heavy (non-hydrogen) atoms. The average Bonchev–Trinajstić information content (AvgIpc) is 3.18. The Morgan fingerprint density at radius 2 is 1.83 bits per heavy atom. The number of nitrogens with two attached hydrogens (primary N) is 1. The number of carbonyl (C=O) groups excluding carboxylic acids is 1. The van der Waals surface area contributed by atoms with Crippen molar-refractivity contribution in [2.75, 3.05) is 12.8 Å². The van der Waals surface area contributed by atoms with Crippen LogP contribution in [-0.2, 0) is 24.8 Å². The molecule has 2 heterocycles. The van der Waals surface area contributed by atoms with Gasteiger partial charge in [-0.05, 0) is 84.0 Å². The molecule has 1 aliphatic carbocycles. The van der Waals surface area contributed by atoms with E-state index in [4.69, 9.17) is 10.5 Å². The van der Waals surface area contributed by atoms with Crippen LogP contribution in [-0.4, -0.2) is 27.4 Å². The maximum atomic E-state index is 13.0. The van der Waals surface area contributed by atoms with Crippen LogP contribution < -0.4 is 16.6 Å². The minimum absolute atomic E-state index is 0.0855. The quantitative estimate of drug-likeness (QED) is 0.453. The Kier molecular flexibility index (Phi) is 5.97. The number of anilines is 1. The topological polar surface area (TPSA) is 104 Å². The normalized spacial score (nSPS) is 14.3. The number of nitrogens with one attached hydrogen (secondary N) is 1. The number of pyridine rings is 1. The predicted octanol–water partition coefficient (Wildman–Crippen LogP) is 3.34. The average molecular weight is 484 g/mol. The minimum Gasteiger partial charge on any atom is -0.384 e. The van der Waals surface area contributed by atoms with E-state index in [2.05, 4.69) is 10.3 Å². The first-order chi connectivity index (χ1) is 17.3. The second-order valence-corrected chi connectivity index (χ2v) is 9.24. The van der Waals surface area contributed by atoms with Crippen molar-refractivity contribution in [1.29, 1.82) is 0 Å². The Bertz CT molecular complexity index is 1530. The molecule has 0 unspecified atom stereocenters. The number of aryl methyl sites for hydroxylation is 3. The highest BCUT2D eigenvalue weighted by Crippen LogP contribution is 2.38. The van der Waals surface area contributed by atoms with Gasteiger partial charge in [-0.1, -0.05) is 12.1 Å². The highest BCUT2D eigenvalue weighted by molar-refractivity contribution is 5.94. The summed E-state index contributed by atoms with van der Waals surface area (Å²) in [6, 6.07) is 15.1. The van der Waals surface area contributed by atoms with Gasteiger partial charge in [-0.3, -0.25) is 14.3 Å². The molecule has 0 fully saturated rings. The summed E-state index contributed by atoms with van der Waals surface area (Å²) in [6.45, 7) is 4.23. The van der Waals surface area contributed by atoms with Crippen LogP contribution in [0.25, 0.3) is 5.69 Å². The van der Waals surface area contributed by atoms with Crippen LogP contribution in [0.4, 0.5) is 5.82 Å². The molecule has 2 aromatic carbocycles. The molecule has 0 spiro atoms. The number of hydrogen-bond donors (Lipinski definition) is 2. The second kappa shape index (κ2) is 9.13. The molecule has 1 atom stereocenters. The molecule has 1 amide bonds. The van der Waals surface area contributed by atoms with Gasteiger partial charge in [0.05, 0.1) is 5.69 Å². The largest absolute Gasteiger partial charge is 0.384 e. The summed E-state index contributed by atoms with van der Waals surface area (Å²) in [5.74, 6) is 0.320. The van der Waals surface area contributed by atoms with E-state index in [9.17, 15) is 9.59 Å². The third-order valence-electron chi connectivity index (χ3n) is 6.91. The van der Waals surface area contributed by atoms with Crippen LogP contribution in [0.1, 0.15) is 55.5 Å². The van der Waals surface area contributed by atoms with E-state index in [1.807, 2.05) is 63.4 Å². The minimum atomic E-state index is -0.244. The van der Waals surface area contributed by atoms with Crippen LogP contribution in [0, 0.1) is 13.8 Å². The first-order valence-electron chi connectivity index (χ1n) is 11.8. The van der Waals surface area contributed by atoms with Crippen molar-refractivity contribution in [3.63, 3.8) is 0 Å². The number of hydrogen-bond acceptors (Lipinski definition) is 5. The molecule has 0 saturated heterocycles. The molecule has 5 rings (SSSR count). The molecule has 3 N–H and O–H groups in total. The fourth-order valence-electron chi connectivity index (χ4n) is 5.11. The Morgan fingerprint density at radius 1 is 1.11 bits per heavy atom. The van der Waals surface area contributed by atoms with Gasteiger partial charge in [-0.15, -0.1) is 0 Å². The fourth-order valence-corrected chi connectivity index (χ4v) is 5.11. The number of rotatable bonds is 5. The van der Waals surface area contributed by atoms with Gasteiger partial charge >= 0.3 is 0 Å². The van der Waals surface area contributed by atoms with Crippen LogP contribution in [0.5, 0.6) is 0 Å². The zero-order valence-electron chi connectivity index (χ0n) is 20.8. The number of methoxy groups -OCH3 is 1. The van der Waals surface area contributed by atoms with Crippen LogP contribution in [0.15, 0.2) is 59.5 Å². The third-order valence-corrected chi connectivity index (χ3v) is 6.91. The number of nitrogen functional groups attached to an aromatic ring is 1. The Hall–Kier alpha value is -4.17. The summed E-state index contributed by atoms with van der Waals surface area (Å²) in [5, 5.41) is 3.02. The fraction of sp³-hybridized carbons (Fsp3) is 0.250. The van der Waals surface area contributed by atoms with Crippen molar-refractivity contribution < 1.29 is 9.53 Å². The monoisotopic (exact) mass is 483 g/mol. The first-order valence-corrected chi connectivity index (χ1v) is 11.8. The van der Waals surface area contributed by atoms with Gasteiger partial charge in [0.15, 0.2) is 0 Å². The molecule has 8 nitrogen and oxygen atoms in total. The zero-order chi connectivity index (χ0) is 25.6. The smallest absolute Gasteiger partial charge is 0.271 e. The molecular weight excluding hydrogens is 454 g/mol. The van der Waals surface area contributed by atoms with Gasteiger partial charge in [-0.2, -0.15) is 0 Å². The molecule has 0 saturated carbocycles. The van der Waals surface area contributed by atoms with Gasteiger partial charge in [0, 0.05) is 44.2 Å². The molecule has 184 valence electrons. The van der Waals surface area contributed by atoms with Gasteiger partial charge in [0.2, 0.25) is 0 Å². The number of fused-ring (bicyclic) bond motifs is 2. The third kappa shape index (κ3) is 4.09. The van der Waals surface area contributed by atoms with Crippen LogP contribution >= 0.6 is 0 Å². The van der Waals surface area contributed by atoms with Crippen molar-refractivity contribution in [3.8, 4) is 5.69 Å². The number of amides is 1. The van der Waals surface area contributed by atoms with E-state index >= 15 is 0 Å². The molecular formula is C28H29N5O3. The van der Waals surface area contributed by atoms with Crippen LogP contribution in [0.3, 0.4) is 0 Å². The molecule has 0 bridgehead atoms. The van der Waals surface area contributed by atoms with Crippen molar-refractivity contribution >= 4 is 11.7 Å². The maximum absolute atomic E-state index is 13.0. The zero-order valence-corrected chi connectivity index (χ0v) is 20.8. The van der Waals surface area contributed by atoms with E-state index in [-0.39, 0.29) is 17.6 Å². The van der Waals surface area contributed by atoms with Crippen molar-refractivity contribution in [1.82, 2.24) is 19.7 Å². The van der Waals surface area contributed by atoms with Crippen LogP contribution in [0.2, 0.25) is 0 Å². The summed E-state index contributed by atoms with van der Waals surface area (Å²) in [7, 11) is 3.52. The number of ether oxygens (including phenoxy) is 1. The molecule has 2 aromatic heterocycles. The standard InChI is InChI=1S/C28H29N5O3/c1-16-11-25(29)31-17(2)24(16)15-30-28(35)18-5-7-22-19(12-18)13-20-14-21(6-8-23(20)27(22)36-4)33-26(34)9-10-32(33)3/h5-12,14,27H,13,15H2,1-4H3,(H2,29,31)(H,30,35)/t27-/m1/s1. The summed E-state index contributed by atoms with van der Waals surface area (Å²) < 4.78 is 9.26. The molecule has 0 aliphatic heterocycles. The number of carbonyl (C=O) groups is 1. The molecule has 1 aliphatic rings. The van der Waals surface area contributed by atoms with Crippen molar-refractivity contribution in [3.05, 3.63) is 110 Å². The number of aromatic nitrogens is 3. The summed E-state index contributed by atoms with van der Waals surface area (Å²) in [5.41, 5.74) is 14.1. The van der Waals surface area contributed by atoms with E-state index in [0.717, 1.165) is 44.8 Å². The number of nitrogens with zero attached hydrogens (tertiary/aromatic N) is 3. The van der Waals surface area contributed by atoms with E-state index in [1.54, 1.807) is 28.7 Å². The van der Waals surface area contributed by atoms with Gasteiger partial charge < -0.3 is 15.8 Å². The predicted molar refractivity (Wildman–Crippen MR) is 138 cm³/mol. The van der Waals surface area contributed by atoms with E-state index in [0.29, 0.717) is 24.3 Å². The SMILES string of the molecule is CO[C@@H]1c2ccc(C(=O)NCc3c(C)cc(N)nc3C)cc2Cc2cc(-n3c(=O)ccn3C)ccc21. The lowest BCUT2D eigenvalue weighted by molar-refractivity contribution is 0.0950. The Morgan fingerprint density at radius 3 is 2.50 bits per heavy atom. The van der Waals surface area contributed by atoms with Crippen molar-refractivity contribution in [2.45, 2.75) is 32.9 Å². The highest BCUT2D eigenvalue weighted by atomic mass is 16.5. The maximum Gasteiger partial charge on any atom is 0.271 e. The van der Waals surface area contributed by atoms with Crippen molar-refractivity contribution in [2.24, 2.45) is 7.05 Å². The van der Waals surface area contributed by atoms with E-state index < -0.39 is 0 Å². The van der Waals surface area contributed by atoms with Gasteiger partial charge in [-0.25, -0.2) is 9.67 Å². The lowest BCUT2D eigenvalue weighted by atomic mass is 9.82. The van der Waals surface area contributed by atoms with Gasteiger partial charge in [0.1, 0.15) is 11.9 Å². The number of benzene rings is 2. The lowest BCUT2D eigenvalue weighted by Crippen LogP contribution is -2.25. The summed E-state index contributed by atoms with van der Waals surface area (Å²) >= 11 is 0. The molecule has 8 heteroatoms. The summed E-state index contributed by atoms with van der Waals surface area (Å²) in [4.78, 5) is 29.7. The lowest BCUT2D eigenvalue weighted by Gasteiger charge is -2.28. The van der Waals surface area contributed by atoms with Gasteiger partial charge in [0.25, 0.3) is 11.5 Å². The molecule has 4 aromatic rings. The Balaban J connectivity index is 1.43.